The van der Waals surface area contributed by atoms with Crippen molar-refractivity contribution in [1.82, 2.24) is 0 Å². The summed E-state index contributed by atoms with van der Waals surface area (Å²) in [5.41, 5.74) is 0.962. The molecule has 0 saturated carbocycles. The number of nitrogens with one attached hydrogen (secondary N) is 1. The van der Waals surface area contributed by atoms with E-state index >= 15 is 0 Å². The van der Waals surface area contributed by atoms with Crippen LogP contribution < -0.4 is 14.4 Å². The van der Waals surface area contributed by atoms with Gasteiger partial charge in [0, 0.05) is 5.69 Å². The van der Waals surface area contributed by atoms with Crippen molar-refractivity contribution >= 4 is 39.2 Å². The van der Waals surface area contributed by atoms with Gasteiger partial charge < -0.3 is 19.5 Å². The van der Waals surface area contributed by atoms with E-state index in [2.05, 4.69) is 5.32 Å². The summed E-state index contributed by atoms with van der Waals surface area (Å²) in [5.74, 6) is -1.65. The normalized spacial score (nSPS) is 10.8. The van der Waals surface area contributed by atoms with Gasteiger partial charge in [-0.05, 0) is 61.0 Å². The molecule has 3 aromatic rings. The second-order valence-corrected chi connectivity index (χ2v) is 9.67. The highest BCUT2D eigenvalue weighted by molar-refractivity contribution is 7.92. The Bertz CT molecular complexity index is 1390. The maximum absolute atomic E-state index is 13.6. The zero-order valence-electron chi connectivity index (χ0n) is 20.7. The zero-order valence-corrected chi connectivity index (χ0v) is 21.5. The van der Waals surface area contributed by atoms with Crippen LogP contribution >= 0.6 is 0 Å². The number of hydrogen-bond donors (Lipinski definition) is 1. The van der Waals surface area contributed by atoms with E-state index in [1.54, 1.807) is 37.3 Å². The van der Waals surface area contributed by atoms with Crippen molar-refractivity contribution in [3.05, 3.63) is 83.4 Å². The average Bonchev–Trinajstić information content (AvgIpc) is 2.90. The molecule has 11 heteroatoms. The van der Waals surface area contributed by atoms with Crippen molar-refractivity contribution in [1.29, 1.82) is 0 Å². The molecule has 0 aliphatic rings. The maximum Gasteiger partial charge on any atom is 0.337 e. The first-order valence-electron chi connectivity index (χ1n) is 10.9. The number of anilines is 2. The minimum Gasteiger partial charge on any atom is -0.496 e. The summed E-state index contributed by atoms with van der Waals surface area (Å²) in [6.07, 6.45) is 0. The Balaban J connectivity index is 1.97. The number of amides is 1. The highest BCUT2D eigenvalue weighted by atomic mass is 32.2. The zero-order chi connectivity index (χ0) is 27.2. The van der Waals surface area contributed by atoms with Gasteiger partial charge in [0.05, 0.1) is 43.0 Å². The minimum atomic E-state index is -4.17. The predicted molar refractivity (Wildman–Crippen MR) is 136 cm³/mol. The number of carbonyl (C=O) groups is 3. The molecule has 1 N–H and O–H groups in total. The fraction of sp³-hybridized carbons (Fsp3) is 0.192. The maximum atomic E-state index is 13.6. The van der Waals surface area contributed by atoms with Gasteiger partial charge >= 0.3 is 11.9 Å². The second kappa shape index (κ2) is 11.6. The molecule has 3 aromatic carbocycles. The molecule has 0 aliphatic carbocycles. The number of hydrogen-bond acceptors (Lipinski definition) is 8. The lowest BCUT2D eigenvalue weighted by Gasteiger charge is -2.24. The lowest BCUT2D eigenvalue weighted by Crippen LogP contribution is -2.38. The molecule has 10 nitrogen and oxygen atoms in total. The first-order valence-corrected chi connectivity index (χ1v) is 12.4. The third-order valence-electron chi connectivity index (χ3n) is 5.34. The van der Waals surface area contributed by atoms with Crippen molar-refractivity contribution in [2.45, 2.75) is 11.8 Å². The van der Waals surface area contributed by atoms with Crippen LogP contribution in [0, 0.1) is 6.92 Å². The summed E-state index contributed by atoms with van der Waals surface area (Å²) in [6.45, 7) is 1.12. The average molecular weight is 527 g/mol. The van der Waals surface area contributed by atoms with E-state index in [0.717, 1.165) is 4.31 Å². The molecular weight excluding hydrogens is 500 g/mol. The molecule has 3 rings (SSSR count). The van der Waals surface area contributed by atoms with E-state index in [4.69, 9.17) is 14.2 Å². The van der Waals surface area contributed by atoms with Gasteiger partial charge in [-0.3, -0.25) is 9.10 Å². The lowest BCUT2D eigenvalue weighted by molar-refractivity contribution is -0.114. The molecule has 0 bridgehead atoms. The number of methoxy groups -OCH3 is 3. The Labute approximate surface area is 214 Å². The molecule has 0 unspecified atom stereocenters. The fourth-order valence-electron chi connectivity index (χ4n) is 3.55. The van der Waals surface area contributed by atoms with Gasteiger partial charge in [-0.2, -0.15) is 0 Å². The van der Waals surface area contributed by atoms with Crippen molar-refractivity contribution in [2.75, 3.05) is 37.5 Å². The molecular formula is C26H26N2O8S. The van der Waals surface area contributed by atoms with Crippen molar-refractivity contribution < 1.29 is 37.0 Å². The van der Waals surface area contributed by atoms with Crippen LogP contribution in [0.5, 0.6) is 5.75 Å². The summed E-state index contributed by atoms with van der Waals surface area (Å²) in [6, 6.07) is 16.4. The summed E-state index contributed by atoms with van der Waals surface area (Å²) < 4.78 is 42.8. The Morgan fingerprint density at radius 2 is 1.43 bits per heavy atom. The number of nitrogens with zero attached hydrogens (tertiary/aromatic N) is 1. The fourth-order valence-corrected chi connectivity index (χ4v) is 5.06. The molecule has 1 amide bonds. The molecule has 0 spiro atoms. The van der Waals surface area contributed by atoms with Crippen LogP contribution in [-0.4, -0.2) is 54.1 Å². The molecule has 0 saturated heterocycles. The third kappa shape index (κ3) is 6.25. The number of benzene rings is 3. The number of sulfonamides is 1. The highest BCUT2D eigenvalue weighted by Crippen LogP contribution is 2.27. The monoisotopic (exact) mass is 526 g/mol. The molecule has 0 heterocycles. The second-order valence-electron chi connectivity index (χ2n) is 7.81. The highest BCUT2D eigenvalue weighted by Gasteiger charge is 2.28. The minimum absolute atomic E-state index is 0.00180. The van der Waals surface area contributed by atoms with Gasteiger partial charge in [-0.25, -0.2) is 18.0 Å². The Morgan fingerprint density at radius 3 is 1.95 bits per heavy atom. The van der Waals surface area contributed by atoms with Crippen LogP contribution in [0.25, 0.3) is 0 Å². The van der Waals surface area contributed by atoms with Crippen molar-refractivity contribution in [3.63, 3.8) is 0 Å². The number of esters is 2. The van der Waals surface area contributed by atoms with Crippen LogP contribution in [0.4, 0.5) is 11.4 Å². The van der Waals surface area contributed by atoms with Crippen molar-refractivity contribution in [3.8, 4) is 5.75 Å². The SMILES string of the molecule is COC(=O)c1cc(NC(=O)CN(c2ccccc2)S(=O)(=O)c2ccc(OC)c(C)c2)cc(C(=O)OC)c1. The van der Waals surface area contributed by atoms with Crippen LogP contribution in [0.15, 0.2) is 71.6 Å². The molecule has 37 heavy (non-hydrogen) atoms. The first-order chi connectivity index (χ1) is 17.6. The van der Waals surface area contributed by atoms with Gasteiger partial charge in [0.2, 0.25) is 5.91 Å². The number of carbonyl (C=O) groups excluding carboxylic acids is 3. The van der Waals surface area contributed by atoms with E-state index in [1.165, 1.54) is 57.7 Å². The van der Waals surface area contributed by atoms with E-state index < -0.39 is 34.4 Å². The van der Waals surface area contributed by atoms with E-state index in [9.17, 15) is 22.8 Å². The summed E-state index contributed by atoms with van der Waals surface area (Å²) in [4.78, 5) is 37.2. The third-order valence-corrected chi connectivity index (χ3v) is 7.11. The van der Waals surface area contributed by atoms with Gasteiger partial charge in [0.15, 0.2) is 0 Å². The molecule has 0 aromatic heterocycles. The molecule has 0 radical (unpaired) electrons. The quantitative estimate of drug-likeness (QED) is 0.420. The summed E-state index contributed by atoms with van der Waals surface area (Å²) in [5, 5.41) is 2.55. The first kappa shape index (κ1) is 27.2. The van der Waals surface area contributed by atoms with Crippen LogP contribution in [0.2, 0.25) is 0 Å². The van der Waals surface area contributed by atoms with Crippen LogP contribution in [0.1, 0.15) is 26.3 Å². The summed E-state index contributed by atoms with van der Waals surface area (Å²) >= 11 is 0. The smallest absolute Gasteiger partial charge is 0.337 e. The topological polar surface area (TPSA) is 128 Å². The Hall–Kier alpha value is -4.38. The number of ether oxygens (including phenoxy) is 3. The van der Waals surface area contributed by atoms with E-state index in [-0.39, 0.29) is 27.4 Å². The largest absolute Gasteiger partial charge is 0.496 e. The van der Waals surface area contributed by atoms with E-state index in [1.807, 2.05) is 0 Å². The van der Waals surface area contributed by atoms with Crippen LogP contribution in [-0.2, 0) is 24.3 Å². The Morgan fingerprint density at radius 1 is 0.838 bits per heavy atom. The number of rotatable bonds is 9. The molecule has 194 valence electrons. The lowest BCUT2D eigenvalue weighted by atomic mass is 10.1. The summed E-state index contributed by atoms with van der Waals surface area (Å²) in [7, 11) is -0.336. The van der Waals surface area contributed by atoms with E-state index in [0.29, 0.717) is 11.3 Å². The Kier molecular flexibility index (Phi) is 8.51. The van der Waals surface area contributed by atoms with Gasteiger partial charge in [-0.15, -0.1) is 0 Å². The predicted octanol–water partition coefficient (Wildman–Crippen LogP) is 3.41. The van der Waals surface area contributed by atoms with Gasteiger partial charge in [-0.1, -0.05) is 18.2 Å². The number of para-hydroxylation sites is 1. The molecule has 0 fully saturated rings. The van der Waals surface area contributed by atoms with Crippen molar-refractivity contribution in [2.24, 2.45) is 0 Å². The standard InChI is InChI=1S/C26H26N2O8S/c1-17-12-22(10-11-23(17)34-2)37(32,33)28(21-8-6-5-7-9-21)16-24(29)27-20-14-18(25(30)35-3)13-19(15-20)26(31)36-4/h5-15H,16H2,1-4H3,(H,27,29). The van der Waals surface area contributed by atoms with Gasteiger partial charge in [0.25, 0.3) is 10.0 Å². The van der Waals surface area contributed by atoms with Crippen LogP contribution in [0.3, 0.4) is 0 Å². The molecule has 0 atom stereocenters. The number of aryl methyl sites for hydroxylation is 1. The van der Waals surface area contributed by atoms with Gasteiger partial charge in [0.1, 0.15) is 12.3 Å². The molecule has 0 aliphatic heterocycles.